The smallest absolute Gasteiger partial charge is 0.167 e. The second kappa shape index (κ2) is 2.05. The van der Waals surface area contributed by atoms with Gasteiger partial charge in [-0.15, -0.1) is 0 Å². The Bertz CT molecular complexity index is 200. The Morgan fingerprint density at radius 1 is 1.44 bits per heavy atom. The van der Waals surface area contributed by atoms with E-state index in [9.17, 15) is 4.39 Å². The molecule has 0 spiro atoms. The zero-order chi connectivity index (χ0) is 6.85. The molecule has 1 radical (unpaired) electrons. The quantitative estimate of drug-likeness (QED) is 0.559. The molecule has 0 fully saturated rings. The molecular weight excluding hydrogens is 119 g/mol. The minimum absolute atomic E-state index is 0.218. The number of hydrogen-bond acceptors (Lipinski definition) is 1. The fourth-order valence-corrected chi connectivity index (χ4v) is 0.566. The van der Waals surface area contributed by atoms with Gasteiger partial charge in [-0.25, -0.2) is 4.39 Å². The van der Waals surface area contributed by atoms with Crippen molar-refractivity contribution in [1.29, 1.82) is 0 Å². The van der Waals surface area contributed by atoms with Crippen LogP contribution in [-0.2, 0) is 0 Å². The van der Waals surface area contributed by atoms with Crippen molar-refractivity contribution >= 4 is 0 Å². The van der Waals surface area contributed by atoms with Gasteiger partial charge in [0.15, 0.2) is 11.6 Å². The van der Waals surface area contributed by atoms with Gasteiger partial charge in [-0.1, -0.05) is 12.1 Å². The SMILES string of the molecule is [CH2]c1cccc(O)c1F. The molecule has 1 aromatic carbocycles. The van der Waals surface area contributed by atoms with Crippen LogP contribution in [0.3, 0.4) is 0 Å². The first-order valence-electron chi connectivity index (χ1n) is 2.51. The van der Waals surface area contributed by atoms with Crippen LogP contribution in [0.25, 0.3) is 0 Å². The highest BCUT2D eigenvalue weighted by atomic mass is 19.1. The number of phenolic OH excluding ortho intramolecular Hbond substituents is 1. The topological polar surface area (TPSA) is 20.2 Å². The van der Waals surface area contributed by atoms with Crippen LogP contribution < -0.4 is 0 Å². The molecule has 0 aromatic heterocycles. The molecule has 9 heavy (non-hydrogen) atoms. The van der Waals surface area contributed by atoms with Gasteiger partial charge < -0.3 is 5.11 Å². The molecule has 0 aliphatic rings. The number of benzene rings is 1. The third-order valence-corrected chi connectivity index (χ3v) is 1.06. The standard InChI is InChI=1S/C7H6FO/c1-5-3-2-4-6(9)7(5)8/h2-4,9H,1H2. The number of aromatic hydroxyl groups is 1. The van der Waals surface area contributed by atoms with Gasteiger partial charge in [-0.2, -0.15) is 0 Å². The van der Waals surface area contributed by atoms with Gasteiger partial charge in [-0.05, 0) is 18.6 Å². The average Bonchev–Trinajstić information content (AvgIpc) is 1.83. The van der Waals surface area contributed by atoms with Gasteiger partial charge >= 0.3 is 0 Å². The molecule has 0 saturated carbocycles. The monoisotopic (exact) mass is 125 g/mol. The summed E-state index contributed by atoms with van der Waals surface area (Å²) in [6.07, 6.45) is 0. The van der Waals surface area contributed by atoms with Gasteiger partial charge in [-0.3, -0.25) is 0 Å². The molecule has 1 nitrogen and oxygen atoms in total. The van der Waals surface area contributed by atoms with E-state index in [1.165, 1.54) is 12.1 Å². The Kier molecular flexibility index (Phi) is 1.39. The van der Waals surface area contributed by atoms with Crippen molar-refractivity contribution in [2.45, 2.75) is 0 Å². The Hall–Kier alpha value is -1.05. The molecule has 0 aliphatic heterocycles. The Balaban J connectivity index is 3.25. The van der Waals surface area contributed by atoms with Crippen LogP contribution in [-0.4, -0.2) is 5.11 Å². The van der Waals surface area contributed by atoms with E-state index in [2.05, 4.69) is 6.92 Å². The first kappa shape index (κ1) is 6.08. The lowest BCUT2D eigenvalue weighted by Gasteiger charge is -1.95. The maximum atomic E-state index is 12.4. The van der Waals surface area contributed by atoms with Crippen molar-refractivity contribution in [2.24, 2.45) is 0 Å². The average molecular weight is 125 g/mol. The van der Waals surface area contributed by atoms with Gasteiger partial charge in [0, 0.05) is 0 Å². The van der Waals surface area contributed by atoms with Crippen LogP contribution in [0.1, 0.15) is 5.56 Å². The Morgan fingerprint density at radius 2 is 2.11 bits per heavy atom. The minimum Gasteiger partial charge on any atom is -0.505 e. The molecule has 1 aromatic rings. The number of halogens is 1. The van der Waals surface area contributed by atoms with E-state index in [1.54, 1.807) is 6.07 Å². The molecule has 0 atom stereocenters. The summed E-state index contributed by atoms with van der Waals surface area (Å²) in [5.41, 5.74) is 0.218. The van der Waals surface area contributed by atoms with Gasteiger partial charge in [0.05, 0.1) is 0 Å². The number of phenols is 1. The molecule has 0 heterocycles. The third-order valence-electron chi connectivity index (χ3n) is 1.06. The summed E-state index contributed by atoms with van der Waals surface area (Å²) in [7, 11) is 0. The highest BCUT2D eigenvalue weighted by molar-refractivity contribution is 5.31. The molecule has 0 bridgehead atoms. The van der Waals surface area contributed by atoms with E-state index in [-0.39, 0.29) is 11.3 Å². The Labute approximate surface area is 52.8 Å². The molecule has 1 N–H and O–H groups in total. The van der Waals surface area contributed by atoms with Crippen molar-refractivity contribution < 1.29 is 9.50 Å². The maximum absolute atomic E-state index is 12.4. The van der Waals surface area contributed by atoms with Crippen LogP contribution >= 0.6 is 0 Å². The summed E-state index contributed by atoms with van der Waals surface area (Å²) < 4.78 is 12.4. The summed E-state index contributed by atoms with van der Waals surface area (Å²) >= 11 is 0. The summed E-state index contributed by atoms with van der Waals surface area (Å²) in [5, 5.41) is 8.69. The molecule has 47 valence electrons. The minimum atomic E-state index is -0.641. The molecule has 2 heteroatoms. The molecule has 0 aliphatic carbocycles. The van der Waals surface area contributed by atoms with Crippen LogP contribution in [0.5, 0.6) is 5.75 Å². The van der Waals surface area contributed by atoms with Crippen molar-refractivity contribution in [3.63, 3.8) is 0 Å². The zero-order valence-corrected chi connectivity index (χ0v) is 4.76. The van der Waals surface area contributed by atoms with Gasteiger partial charge in [0.1, 0.15) is 0 Å². The largest absolute Gasteiger partial charge is 0.505 e. The zero-order valence-electron chi connectivity index (χ0n) is 4.76. The predicted octanol–water partition coefficient (Wildman–Crippen LogP) is 1.71. The maximum Gasteiger partial charge on any atom is 0.167 e. The fourth-order valence-electron chi connectivity index (χ4n) is 0.566. The summed E-state index contributed by atoms with van der Waals surface area (Å²) in [5.74, 6) is -0.986. The predicted molar refractivity (Wildman–Crippen MR) is 32.5 cm³/mol. The lowest BCUT2D eigenvalue weighted by molar-refractivity contribution is 0.431. The third kappa shape index (κ3) is 1.02. The first-order chi connectivity index (χ1) is 4.22. The summed E-state index contributed by atoms with van der Waals surface area (Å²) in [4.78, 5) is 0. The normalized spacial score (nSPS) is 9.56. The second-order valence-corrected chi connectivity index (χ2v) is 1.75. The van der Waals surface area contributed by atoms with Crippen molar-refractivity contribution in [3.05, 3.63) is 36.5 Å². The van der Waals surface area contributed by atoms with E-state index in [1.807, 2.05) is 0 Å². The number of hydrogen-bond donors (Lipinski definition) is 1. The highest BCUT2D eigenvalue weighted by Crippen LogP contribution is 2.16. The van der Waals surface area contributed by atoms with Crippen LogP contribution in [0.2, 0.25) is 0 Å². The summed E-state index contributed by atoms with van der Waals surface area (Å²) in [6.45, 7) is 3.35. The lowest BCUT2D eigenvalue weighted by atomic mass is 10.2. The first-order valence-corrected chi connectivity index (χ1v) is 2.51. The van der Waals surface area contributed by atoms with Crippen molar-refractivity contribution in [3.8, 4) is 5.75 Å². The molecular formula is C7H6FO. The van der Waals surface area contributed by atoms with Gasteiger partial charge in [0.2, 0.25) is 0 Å². The summed E-state index contributed by atoms with van der Waals surface area (Å²) in [6, 6.07) is 4.32. The fraction of sp³-hybridized carbons (Fsp3) is 0. The van der Waals surface area contributed by atoms with E-state index in [0.29, 0.717) is 0 Å². The van der Waals surface area contributed by atoms with Crippen molar-refractivity contribution in [1.82, 2.24) is 0 Å². The molecule has 0 amide bonds. The lowest BCUT2D eigenvalue weighted by Crippen LogP contribution is -1.79. The van der Waals surface area contributed by atoms with Crippen molar-refractivity contribution in [2.75, 3.05) is 0 Å². The molecule has 0 unspecified atom stereocenters. The van der Waals surface area contributed by atoms with E-state index >= 15 is 0 Å². The molecule has 1 rings (SSSR count). The van der Waals surface area contributed by atoms with E-state index < -0.39 is 5.82 Å². The van der Waals surface area contributed by atoms with Crippen LogP contribution in [0.15, 0.2) is 18.2 Å². The Morgan fingerprint density at radius 3 is 2.56 bits per heavy atom. The van der Waals surface area contributed by atoms with Crippen LogP contribution in [0, 0.1) is 12.7 Å². The van der Waals surface area contributed by atoms with Gasteiger partial charge in [0.25, 0.3) is 0 Å². The molecule has 0 saturated heterocycles. The van der Waals surface area contributed by atoms with E-state index in [4.69, 9.17) is 5.11 Å². The number of rotatable bonds is 0. The van der Waals surface area contributed by atoms with Crippen LogP contribution in [0.4, 0.5) is 4.39 Å². The van der Waals surface area contributed by atoms with E-state index in [0.717, 1.165) is 0 Å². The second-order valence-electron chi connectivity index (χ2n) is 1.75. The highest BCUT2D eigenvalue weighted by Gasteiger charge is 1.99.